The van der Waals surface area contributed by atoms with E-state index in [0.717, 1.165) is 0 Å². The van der Waals surface area contributed by atoms with Gasteiger partial charge in [0, 0.05) is 0 Å². The monoisotopic (exact) mass is 506 g/mol. The number of hydrogen-bond donors (Lipinski definition) is 0. The fourth-order valence-electron chi connectivity index (χ4n) is 2.14. The SMILES string of the molecule is C=C.[Br-].[Br-].[Zr+4].c1ccc2[cH-]ccc2c1.c1ccc2[cH-]ccc2c1. The zero-order chi connectivity index (χ0) is 14.2. The maximum Gasteiger partial charge on any atom is 4.00 e. The third kappa shape index (κ3) is 7.12. The molecule has 0 radical (unpaired) electrons. The molecule has 0 N–H and O–H groups in total. The van der Waals surface area contributed by atoms with Crippen molar-refractivity contribution in [3.63, 3.8) is 0 Å². The number of halogens is 2. The molecule has 4 aromatic carbocycles. The standard InChI is InChI=1S/2C9H7.C2H4.2BrH.Zr/c2*1-2-5-9-7-3-6-8(9)4-1;1-2;;;/h2*1-7H;1-2H2;2*1H;/q2*-1;;;;+4/p-2. The van der Waals surface area contributed by atoms with Gasteiger partial charge >= 0.3 is 26.2 Å². The van der Waals surface area contributed by atoms with Gasteiger partial charge < -0.3 is 34.0 Å². The molecule has 0 fully saturated rings. The largest absolute Gasteiger partial charge is 4.00 e. The molecule has 0 spiro atoms. The van der Waals surface area contributed by atoms with Crippen LogP contribution in [0.25, 0.3) is 21.5 Å². The summed E-state index contributed by atoms with van der Waals surface area (Å²) < 4.78 is 0. The van der Waals surface area contributed by atoms with Crippen molar-refractivity contribution < 1.29 is 60.2 Å². The Morgan fingerprint density at radius 1 is 0.565 bits per heavy atom. The van der Waals surface area contributed by atoms with Crippen molar-refractivity contribution in [1.29, 1.82) is 0 Å². The zero-order valence-corrected chi connectivity index (χ0v) is 18.4. The van der Waals surface area contributed by atoms with E-state index in [1.54, 1.807) is 0 Å². The average Bonchev–Trinajstić information content (AvgIpc) is 3.18. The molecular weight excluding hydrogens is 491 g/mol. The maximum atomic E-state index is 3.00. The van der Waals surface area contributed by atoms with Crippen LogP contribution in [0.5, 0.6) is 0 Å². The first-order chi connectivity index (χ1) is 9.93. The van der Waals surface area contributed by atoms with Crippen LogP contribution in [0.3, 0.4) is 0 Å². The normalized spacial score (nSPS) is 8.17. The van der Waals surface area contributed by atoms with Gasteiger partial charge in [-0.05, 0) is 0 Å². The van der Waals surface area contributed by atoms with Crippen LogP contribution in [-0.2, 0) is 26.2 Å². The first kappa shape index (κ1) is 24.5. The van der Waals surface area contributed by atoms with E-state index in [1.165, 1.54) is 21.5 Å². The van der Waals surface area contributed by atoms with E-state index in [-0.39, 0.29) is 60.2 Å². The molecule has 116 valence electrons. The van der Waals surface area contributed by atoms with E-state index in [9.17, 15) is 0 Å². The smallest absolute Gasteiger partial charge is 1.00 e. The van der Waals surface area contributed by atoms with Crippen LogP contribution in [0, 0.1) is 0 Å². The van der Waals surface area contributed by atoms with Gasteiger partial charge in [0.1, 0.15) is 0 Å². The van der Waals surface area contributed by atoms with Gasteiger partial charge in [-0.3, -0.25) is 0 Å². The van der Waals surface area contributed by atoms with E-state index < -0.39 is 0 Å². The summed E-state index contributed by atoms with van der Waals surface area (Å²) in [5, 5.41) is 5.32. The second-order valence-corrected chi connectivity index (χ2v) is 4.31. The molecule has 0 aliphatic carbocycles. The minimum absolute atomic E-state index is 0. The molecule has 0 nitrogen and oxygen atoms in total. The average molecular weight is 509 g/mol. The van der Waals surface area contributed by atoms with Gasteiger partial charge in [0.15, 0.2) is 0 Å². The predicted octanol–water partition coefficient (Wildman–Crippen LogP) is -0.0749. The number of fused-ring (bicyclic) bond motifs is 2. The Kier molecular flexibility index (Phi) is 14.5. The third-order valence-electron chi connectivity index (χ3n) is 3.10. The van der Waals surface area contributed by atoms with Crippen molar-refractivity contribution in [3.05, 3.63) is 98.1 Å². The van der Waals surface area contributed by atoms with Crippen LogP contribution in [0.2, 0.25) is 0 Å². The third-order valence-corrected chi connectivity index (χ3v) is 3.10. The van der Waals surface area contributed by atoms with Gasteiger partial charge in [-0.25, -0.2) is 0 Å². The van der Waals surface area contributed by atoms with Crippen molar-refractivity contribution in [2.24, 2.45) is 0 Å². The summed E-state index contributed by atoms with van der Waals surface area (Å²) in [7, 11) is 0. The predicted molar refractivity (Wildman–Crippen MR) is 90.3 cm³/mol. The van der Waals surface area contributed by atoms with Gasteiger partial charge in [0.2, 0.25) is 0 Å². The Labute approximate surface area is 178 Å². The first-order valence-corrected chi connectivity index (χ1v) is 6.64. The van der Waals surface area contributed by atoms with Crippen LogP contribution in [-0.4, -0.2) is 0 Å². The van der Waals surface area contributed by atoms with Gasteiger partial charge in [-0.1, -0.05) is 12.1 Å². The van der Waals surface area contributed by atoms with Crippen molar-refractivity contribution in [1.82, 2.24) is 0 Å². The van der Waals surface area contributed by atoms with Crippen molar-refractivity contribution in [2.75, 3.05) is 0 Å². The Hall–Kier alpha value is -0.757. The molecule has 0 amide bonds. The fourth-order valence-corrected chi connectivity index (χ4v) is 2.14. The Bertz CT molecular complexity index is 645. The maximum absolute atomic E-state index is 3.00. The van der Waals surface area contributed by atoms with Crippen molar-refractivity contribution in [2.45, 2.75) is 0 Å². The molecule has 3 heteroatoms. The molecule has 4 aromatic rings. The minimum Gasteiger partial charge on any atom is -1.00 e. The second kappa shape index (κ2) is 13.7. The quantitative estimate of drug-likeness (QED) is 0.230. The molecule has 23 heavy (non-hydrogen) atoms. The molecule has 0 saturated heterocycles. The van der Waals surface area contributed by atoms with Crippen LogP contribution in [0.15, 0.2) is 98.1 Å². The van der Waals surface area contributed by atoms with Gasteiger partial charge in [-0.15, -0.1) is 72.5 Å². The van der Waals surface area contributed by atoms with E-state index >= 15 is 0 Å². The summed E-state index contributed by atoms with van der Waals surface area (Å²) in [6, 6.07) is 29.3. The molecule has 0 aromatic heterocycles. The molecule has 4 rings (SSSR count). The molecule has 0 aliphatic rings. The molecular formula is C20H18Br2Zr. The van der Waals surface area contributed by atoms with Crippen molar-refractivity contribution >= 4 is 21.5 Å². The van der Waals surface area contributed by atoms with E-state index in [1.807, 2.05) is 0 Å². The molecule has 0 saturated carbocycles. The fraction of sp³-hybridized carbons (Fsp3) is 0. The zero-order valence-electron chi connectivity index (χ0n) is 12.8. The van der Waals surface area contributed by atoms with E-state index in [4.69, 9.17) is 0 Å². The van der Waals surface area contributed by atoms with Crippen molar-refractivity contribution in [3.8, 4) is 0 Å². The summed E-state index contributed by atoms with van der Waals surface area (Å²) in [6.07, 6.45) is 0. The van der Waals surface area contributed by atoms with Gasteiger partial charge in [0.05, 0.1) is 0 Å². The Balaban J connectivity index is 0. The van der Waals surface area contributed by atoms with Gasteiger partial charge in [-0.2, -0.15) is 35.0 Å². The number of rotatable bonds is 0. The van der Waals surface area contributed by atoms with Crippen LogP contribution >= 0.6 is 0 Å². The molecule has 0 unspecified atom stereocenters. The topological polar surface area (TPSA) is 0 Å². The Morgan fingerprint density at radius 2 is 0.913 bits per heavy atom. The van der Waals surface area contributed by atoms with Crippen LogP contribution in [0.4, 0.5) is 0 Å². The molecule has 0 bridgehead atoms. The summed E-state index contributed by atoms with van der Waals surface area (Å²) in [5.41, 5.74) is 0. The van der Waals surface area contributed by atoms with Crippen LogP contribution in [0.1, 0.15) is 0 Å². The van der Waals surface area contributed by atoms with Crippen LogP contribution < -0.4 is 34.0 Å². The van der Waals surface area contributed by atoms with Gasteiger partial charge in [0.25, 0.3) is 0 Å². The Morgan fingerprint density at radius 3 is 1.26 bits per heavy atom. The summed E-state index contributed by atoms with van der Waals surface area (Å²) in [6.45, 7) is 6.00. The second-order valence-electron chi connectivity index (χ2n) is 4.31. The first-order valence-electron chi connectivity index (χ1n) is 6.64. The number of hydrogen-bond acceptors (Lipinski definition) is 0. The minimum atomic E-state index is 0. The summed E-state index contributed by atoms with van der Waals surface area (Å²) in [4.78, 5) is 0. The summed E-state index contributed by atoms with van der Waals surface area (Å²) >= 11 is 0. The molecule has 0 atom stereocenters. The van der Waals surface area contributed by atoms with E-state index in [0.29, 0.717) is 0 Å². The number of benzene rings is 2. The molecule has 0 aliphatic heterocycles. The summed E-state index contributed by atoms with van der Waals surface area (Å²) in [5.74, 6) is 0. The molecule has 0 heterocycles. The van der Waals surface area contributed by atoms with E-state index in [2.05, 4.69) is 98.1 Å².